The van der Waals surface area contributed by atoms with Crippen LogP contribution in [0.25, 0.3) is 0 Å². The Kier molecular flexibility index (Phi) is 5.82. The first-order valence-corrected chi connectivity index (χ1v) is 8.93. The summed E-state index contributed by atoms with van der Waals surface area (Å²) in [7, 11) is 0. The molecule has 9 heteroatoms. The lowest BCUT2D eigenvalue weighted by Crippen LogP contribution is -2.52. The summed E-state index contributed by atoms with van der Waals surface area (Å²) in [6.45, 7) is 10.8. The number of amides is 1. The van der Waals surface area contributed by atoms with Crippen molar-refractivity contribution in [3.8, 4) is 0 Å². The number of aromatic nitrogens is 2. The summed E-state index contributed by atoms with van der Waals surface area (Å²) in [6, 6.07) is 0. The van der Waals surface area contributed by atoms with Crippen LogP contribution in [0.1, 0.15) is 63.3 Å². The molecule has 9 nitrogen and oxygen atoms in total. The molecule has 1 amide bonds. The van der Waals surface area contributed by atoms with Gasteiger partial charge in [-0.05, 0) is 41.5 Å². The van der Waals surface area contributed by atoms with E-state index >= 15 is 0 Å². The number of H-pyrrole nitrogens is 1. The van der Waals surface area contributed by atoms with Crippen LogP contribution in [0.2, 0.25) is 0 Å². The highest BCUT2D eigenvalue weighted by atomic mass is 16.6. The van der Waals surface area contributed by atoms with Crippen LogP contribution in [0.15, 0.2) is 0 Å². The molecule has 1 aliphatic heterocycles. The molecule has 0 bridgehead atoms. The van der Waals surface area contributed by atoms with E-state index < -0.39 is 29.0 Å². The summed E-state index contributed by atoms with van der Waals surface area (Å²) in [5, 5.41) is 6.81. The monoisotopic (exact) mass is 381 g/mol. The Morgan fingerprint density at radius 3 is 2.37 bits per heavy atom. The molecule has 0 aliphatic carbocycles. The van der Waals surface area contributed by atoms with Crippen LogP contribution in [0.5, 0.6) is 0 Å². The molecule has 150 valence electrons. The minimum atomic E-state index is -1.21. The molecule has 0 saturated heterocycles. The van der Waals surface area contributed by atoms with E-state index in [4.69, 9.17) is 14.2 Å². The van der Waals surface area contributed by atoms with E-state index in [2.05, 4.69) is 10.2 Å². The van der Waals surface area contributed by atoms with E-state index in [0.29, 0.717) is 11.3 Å². The quantitative estimate of drug-likeness (QED) is 0.628. The summed E-state index contributed by atoms with van der Waals surface area (Å²) < 4.78 is 15.7. The highest BCUT2D eigenvalue weighted by Gasteiger charge is 2.48. The zero-order chi connectivity index (χ0) is 20.4. The Morgan fingerprint density at radius 1 is 1.19 bits per heavy atom. The molecule has 2 rings (SSSR count). The number of nitrogens with one attached hydrogen (secondary N) is 1. The van der Waals surface area contributed by atoms with Crippen molar-refractivity contribution in [3.63, 3.8) is 0 Å². The Hall–Kier alpha value is -2.58. The fourth-order valence-electron chi connectivity index (χ4n) is 2.96. The lowest BCUT2D eigenvalue weighted by molar-refractivity contribution is -0.150. The molecular weight excluding hydrogens is 354 g/mol. The van der Waals surface area contributed by atoms with Crippen LogP contribution in [0.3, 0.4) is 0 Å². The van der Waals surface area contributed by atoms with Gasteiger partial charge in [0.15, 0.2) is 5.69 Å². The van der Waals surface area contributed by atoms with E-state index in [1.54, 1.807) is 41.5 Å². The van der Waals surface area contributed by atoms with Gasteiger partial charge < -0.3 is 19.1 Å². The minimum Gasteiger partial charge on any atom is -0.465 e. The standard InChI is InChI=1S/C18H27N3O6/c1-7-25-14(22)12-11-9-21(16(24)27-17(3,4)5)10-18(6,13(11)20-19-12)15(23)26-8-2/h7-10H2,1-6H3,(H,19,20)/t18-/m0/s1. The maximum absolute atomic E-state index is 12.7. The lowest BCUT2D eigenvalue weighted by atomic mass is 9.80. The number of fused-ring (bicyclic) bond motifs is 1. The second-order valence-corrected chi connectivity index (χ2v) is 7.54. The Morgan fingerprint density at radius 2 is 1.81 bits per heavy atom. The van der Waals surface area contributed by atoms with Crippen LogP contribution >= 0.6 is 0 Å². The molecule has 1 aromatic rings. The summed E-state index contributed by atoms with van der Waals surface area (Å²) in [5.41, 5.74) is -0.975. The third-order valence-corrected chi connectivity index (χ3v) is 4.12. The molecule has 0 fully saturated rings. The van der Waals surface area contributed by atoms with Crippen LogP contribution in [-0.2, 0) is 31.0 Å². The SMILES string of the molecule is CCOC(=O)c1n[nH]c2c1CN(C(=O)OC(C)(C)C)C[C@]2(C)C(=O)OCC. The van der Waals surface area contributed by atoms with Gasteiger partial charge >= 0.3 is 18.0 Å². The fraction of sp³-hybridized carbons (Fsp3) is 0.667. The first-order chi connectivity index (χ1) is 12.5. The Labute approximate surface area is 158 Å². The highest BCUT2D eigenvalue weighted by molar-refractivity contribution is 5.92. The number of ether oxygens (including phenoxy) is 3. The van der Waals surface area contributed by atoms with Gasteiger partial charge in [-0.2, -0.15) is 5.10 Å². The number of esters is 2. The minimum absolute atomic E-state index is 0.0399. The van der Waals surface area contributed by atoms with Crippen molar-refractivity contribution in [3.05, 3.63) is 17.0 Å². The lowest BCUT2D eigenvalue weighted by Gasteiger charge is -2.38. The van der Waals surface area contributed by atoms with Gasteiger partial charge in [-0.15, -0.1) is 0 Å². The molecule has 0 spiro atoms. The third-order valence-electron chi connectivity index (χ3n) is 4.12. The van der Waals surface area contributed by atoms with Crippen LogP contribution in [0, 0.1) is 0 Å². The summed E-state index contributed by atoms with van der Waals surface area (Å²) in [5.74, 6) is -1.13. The molecule has 0 radical (unpaired) electrons. The molecule has 0 aromatic carbocycles. The summed E-state index contributed by atoms with van der Waals surface area (Å²) >= 11 is 0. The number of carbonyl (C=O) groups is 3. The van der Waals surface area contributed by atoms with E-state index in [9.17, 15) is 14.4 Å². The van der Waals surface area contributed by atoms with E-state index in [0.717, 1.165) is 0 Å². The van der Waals surface area contributed by atoms with Crippen LogP contribution < -0.4 is 0 Å². The van der Waals surface area contributed by atoms with Crippen LogP contribution in [-0.4, -0.2) is 58.5 Å². The number of nitrogens with zero attached hydrogens (tertiary/aromatic N) is 2. The molecular formula is C18H27N3O6. The Balaban J connectivity index is 2.47. The predicted molar refractivity (Wildman–Crippen MR) is 95.2 cm³/mol. The smallest absolute Gasteiger partial charge is 0.410 e. The molecule has 1 aliphatic rings. The number of aromatic amines is 1. The van der Waals surface area contributed by atoms with E-state index in [1.807, 2.05) is 0 Å². The average molecular weight is 381 g/mol. The average Bonchev–Trinajstić information content (AvgIpc) is 2.98. The normalized spacial score (nSPS) is 19.3. The number of carbonyl (C=O) groups excluding carboxylic acids is 3. The van der Waals surface area contributed by atoms with Crippen molar-refractivity contribution in [2.24, 2.45) is 0 Å². The largest absolute Gasteiger partial charge is 0.465 e. The first kappa shape index (κ1) is 20.7. The van der Waals surface area contributed by atoms with Gasteiger partial charge in [0.1, 0.15) is 11.0 Å². The van der Waals surface area contributed by atoms with Gasteiger partial charge in [0, 0.05) is 12.1 Å². The van der Waals surface area contributed by atoms with E-state index in [1.165, 1.54) is 4.90 Å². The van der Waals surface area contributed by atoms with Crippen molar-refractivity contribution in [1.82, 2.24) is 15.1 Å². The maximum Gasteiger partial charge on any atom is 0.410 e. The molecule has 0 unspecified atom stereocenters. The second kappa shape index (κ2) is 7.58. The maximum atomic E-state index is 12.7. The molecule has 27 heavy (non-hydrogen) atoms. The molecule has 2 heterocycles. The molecule has 1 aromatic heterocycles. The van der Waals surface area contributed by atoms with Gasteiger partial charge in [0.25, 0.3) is 0 Å². The molecule has 0 saturated carbocycles. The number of hydrogen-bond donors (Lipinski definition) is 1. The second-order valence-electron chi connectivity index (χ2n) is 7.54. The summed E-state index contributed by atoms with van der Waals surface area (Å²) in [6.07, 6.45) is -0.584. The van der Waals surface area contributed by atoms with E-state index in [-0.39, 0.29) is 32.0 Å². The highest BCUT2D eigenvalue weighted by Crippen LogP contribution is 2.36. The van der Waals surface area contributed by atoms with Gasteiger partial charge in [0.05, 0.1) is 25.5 Å². The summed E-state index contributed by atoms with van der Waals surface area (Å²) in [4.78, 5) is 38.9. The van der Waals surface area contributed by atoms with Gasteiger partial charge in [-0.1, -0.05) is 0 Å². The molecule has 1 N–H and O–H groups in total. The van der Waals surface area contributed by atoms with Crippen molar-refractivity contribution >= 4 is 18.0 Å². The molecule has 1 atom stereocenters. The topological polar surface area (TPSA) is 111 Å². The van der Waals surface area contributed by atoms with Gasteiger partial charge in [0.2, 0.25) is 0 Å². The fourth-order valence-corrected chi connectivity index (χ4v) is 2.96. The Bertz CT molecular complexity index is 736. The number of rotatable bonds is 4. The van der Waals surface area contributed by atoms with Crippen molar-refractivity contribution < 1.29 is 28.6 Å². The number of hydrogen-bond acceptors (Lipinski definition) is 7. The zero-order valence-electron chi connectivity index (χ0n) is 16.7. The van der Waals surface area contributed by atoms with Crippen molar-refractivity contribution in [2.75, 3.05) is 19.8 Å². The predicted octanol–water partition coefficient (Wildman–Crippen LogP) is 2.16. The van der Waals surface area contributed by atoms with Crippen molar-refractivity contribution in [2.45, 2.75) is 59.1 Å². The van der Waals surface area contributed by atoms with Gasteiger partial charge in [-0.3, -0.25) is 9.89 Å². The zero-order valence-corrected chi connectivity index (χ0v) is 16.7. The van der Waals surface area contributed by atoms with Gasteiger partial charge in [-0.25, -0.2) is 9.59 Å². The first-order valence-electron chi connectivity index (χ1n) is 8.93. The van der Waals surface area contributed by atoms with Crippen LogP contribution in [0.4, 0.5) is 4.79 Å². The third kappa shape index (κ3) is 4.23. The van der Waals surface area contributed by atoms with Crippen molar-refractivity contribution in [1.29, 1.82) is 0 Å².